The Morgan fingerprint density at radius 2 is 2.06 bits per heavy atom. The van der Waals surface area contributed by atoms with E-state index in [1.807, 2.05) is 6.92 Å². The van der Waals surface area contributed by atoms with Gasteiger partial charge >= 0.3 is 12.3 Å². The van der Waals surface area contributed by atoms with Crippen molar-refractivity contribution in [2.45, 2.75) is 51.4 Å². The predicted octanol–water partition coefficient (Wildman–Crippen LogP) is 4.02. The maximum atomic E-state index is 13.4. The van der Waals surface area contributed by atoms with E-state index in [1.54, 1.807) is 6.07 Å². The van der Waals surface area contributed by atoms with Crippen LogP contribution in [0, 0.1) is 5.41 Å². The van der Waals surface area contributed by atoms with Gasteiger partial charge in [-0.3, -0.25) is 14.9 Å². The van der Waals surface area contributed by atoms with Crippen LogP contribution < -0.4 is 21.1 Å². The van der Waals surface area contributed by atoms with E-state index in [0.29, 0.717) is 19.3 Å². The van der Waals surface area contributed by atoms with Crippen LogP contribution in [0.4, 0.5) is 23.7 Å². The second-order valence-corrected chi connectivity index (χ2v) is 9.01. The van der Waals surface area contributed by atoms with Crippen molar-refractivity contribution in [3.63, 3.8) is 0 Å². The number of halogens is 3. The maximum absolute atomic E-state index is 13.4. The number of cyclic esters (lactones) is 1. The first-order chi connectivity index (χ1) is 17.0. The van der Waals surface area contributed by atoms with Crippen LogP contribution in [0.2, 0.25) is 0 Å². The van der Waals surface area contributed by atoms with E-state index in [-0.39, 0.29) is 52.9 Å². The number of amides is 3. The number of hydrogen-bond acceptors (Lipinski definition) is 6. The Balaban J connectivity index is 1.40. The smallest absolute Gasteiger partial charge is 0.416 e. The van der Waals surface area contributed by atoms with Crippen LogP contribution in [-0.4, -0.2) is 35.5 Å². The van der Waals surface area contributed by atoms with Crippen LogP contribution in [-0.2, 0) is 17.5 Å². The average Bonchev–Trinajstić information content (AvgIpc) is 2.81. The molecule has 1 aromatic heterocycles. The van der Waals surface area contributed by atoms with Crippen molar-refractivity contribution in [1.29, 1.82) is 0 Å². The molecule has 0 spiro atoms. The third-order valence-corrected chi connectivity index (χ3v) is 6.73. The summed E-state index contributed by atoms with van der Waals surface area (Å²) in [6.45, 7) is 1.92. The molecule has 0 bridgehead atoms. The molecule has 1 saturated carbocycles. The second-order valence-electron chi connectivity index (χ2n) is 9.01. The number of nitrogens with zero attached hydrogens (tertiary/aromatic N) is 1. The van der Waals surface area contributed by atoms with Crippen LogP contribution in [0.15, 0.2) is 30.5 Å². The third-order valence-electron chi connectivity index (χ3n) is 6.73. The van der Waals surface area contributed by atoms with Crippen molar-refractivity contribution < 1.29 is 37.0 Å². The Morgan fingerprint density at radius 3 is 2.72 bits per heavy atom. The molecule has 4 rings (SSSR count). The van der Waals surface area contributed by atoms with Gasteiger partial charge in [0.05, 0.1) is 23.4 Å². The number of carbonyl (C=O) groups excluding carboxylic acids is 3. The first-order valence-electron chi connectivity index (χ1n) is 11.4. The molecule has 9 nitrogen and oxygen atoms in total. The normalized spacial score (nSPS) is 20.9. The number of nitrogens with one attached hydrogen (secondary N) is 2. The molecule has 1 fully saturated rings. The van der Waals surface area contributed by atoms with E-state index in [4.69, 9.17) is 15.2 Å². The molecule has 1 aliphatic carbocycles. The largest absolute Gasteiger partial charge is 0.477 e. The average molecular weight is 506 g/mol. The number of alkyl halides is 3. The van der Waals surface area contributed by atoms with Crippen LogP contribution in [0.25, 0.3) is 0 Å². The quantitative estimate of drug-likeness (QED) is 0.495. The summed E-state index contributed by atoms with van der Waals surface area (Å²) in [5.41, 5.74) is 4.22. The van der Waals surface area contributed by atoms with Gasteiger partial charge in [-0.1, -0.05) is 13.3 Å². The van der Waals surface area contributed by atoms with E-state index in [9.17, 15) is 27.6 Å². The number of primary amides is 1. The first-order valence-corrected chi connectivity index (χ1v) is 11.4. The Bertz CT molecular complexity index is 1190. The van der Waals surface area contributed by atoms with Crippen molar-refractivity contribution >= 4 is 23.6 Å². The molecule has 4 N–H and O–H groups in total. The molecule has 2 aromatic rings. The molecule has 0 saturated heterocycles. The number of carbonyl (C=O) groups is 3. The molecular weight excluding hydrogens is 481 g/mol. The number of pyridine rings is 1. The highest BCUT2D eigenvalue weighted by Crippen LogP contribution is 2.47. The van der Waals surface area contributed by atoms with E-state index in [2.05, 4.69) is 15.6 Å². The zero-order chi connectivity index (χ0) is 26.1. The van der Waals surface area contributed by atoms with Gasteiger partial charge in [0.1, 0.15) is 12.2 Å². The lowest BCUT2D eigenvalue weighted by Gasteiger charge is -2.48. The van der Waals surface area contributed by atoms with Gasteiger partial charge in [-0.05, 0) is 48.9 Å². The Morgan fingerprint density at radius 1 is 1.31 bits per heavy atom. The molecule has 1 aromatic carbocycles. The molecular formula is C24H25F3N4O5. The summed E-state index contributed by atoms with van der Waals surface area (Å²) in [6.07, 6.45) is -1.40. The minimum atomic E-state index is -4.67. The minimum absolute atomic E-state index is 0.0202. The molecule has 1 aliphatic heterocycles. The molecule has 192 valence electrons. The van der Waals surface area contributed by atoms with Crippen molar-refractivity contribution in [3.05, 3.63) is 52.7 Å². The third kappa shape index (κ3) is 5.21. The summed E-state index contributed by atoms with van der Waals surface area (Å²) in [5, 5.41) is 5.12. The van der Waals surface area contributed by atoms with E-state index in [1.165, 1.54) is 12.3 Å². The number of nitrogens with two attached hydrogens (primary N) is 1. The van der Waals surface area contributed by atoms with Crippen molar-refractivity contribution in [2.75, 3.05) is 11.9 Å². The number of ether oxygens (including phenoxy) is 2. The lowest BCUT2D eigenvalue weighted by Crippen LogP contribution is -2.51. The molecule has 12 heteroatoms. The van der Waals surface area contributed by atoms with Gasteiger partial charge in [-0.2, -0.15) is 13.2 Å². The predicted molar refractivity (Wildman–Crippen MR) is 121 cm³/mol. The number of fused-ring (bicyclic) bond motifs is 1. The highest BCUT2D eigenvalue weighted by atomic mass is 19.4. The summed E-state index contributed by atoms with van der Waals surface area (Å²) in [5.74, 6) is -1.19. The van der Waals surface area contributed by atoms with E-state index < -0.39 is 29.6 Å². The van der Waals surface area contributed by atoms with Gasteiger partial charge in [0.15, 0.2) is 0 Å². The van der Waals surface area contributed by atoms with Gasteiger partial charge in [0.2, 0.25) is 5.88 Å². The number of hydrogen-bond donors (Lipinski definition) is 3. The molecule has 36 heavy (non-hydrogen) atoms. The Kier molecular flexibility index (Phi) is 6.79. The van der Waals surface area contributed by atoms with Crippen molar-refractivity contribution in [1.82, 2.24) is 10.3 Å². The van der Waals surface area contributed by atoms with Gasteiger partial charge < -0.3 is 20.5 Å². The number of rotatable bonds is 8. The zero-order valence-corrected chi connectivity index (χ0v) is 19.4. The standard InChI is InChI=1S/C24H25F3N4O5/c1-2-23(5-7-35-21-16(19(28)32)4-3-6-29-21)10-15(11-23)30-20(33)17-9-14(24(25,26)27)8-13-12-36-22(34)31-18(13)17/h3-4,6,8-9,15H,2,5,7,10-12H2,1H3,(H2,28,32)(H,30,33)(H,31,34)/t15-,23-. The summed E-state index contributed by atoms with van der Waals surface area (Å²) >= 11 is 0. The second kappa shape index (κ2) is 9.67. The zero-order valence-electron chi connectivity index (χ0n) is 19.4. The highest BCUT2D eigenvalue weighted by molar-refractivity contribution is 6.04. The van der Waals surface area contributed by atoms with Crippen molar-refractivity contribution in [2.24, 2.45) is 11.1 Å². The lowest BCUT2D eigenvalue weighted by atomic mass is 9.62. The van der Waals surface area contributed by atoms with Crippen LogP contribution in [0.1, 0.15) is 64.4 Å². The fourth-order valence-electron chi connectivity index (χ4n) is 4.67. The van der Waals surface area contributed by atoms with Crippen LogP contribution >= 0.6 is 0 Å². The van der Waals surface area contributed by atoms with Gasteiger partial charge in [0, 0.05) is 17.8 Å². The van der Waals surface area contributed by atoms with Gasteiger partial charge in [0.25, 0.3) is 11.8 Å². The molecule has 2 aliphatic rings. The van der Waals surface area contributed by atoms with Gasteiger partial charge in [-0.15, -0.1) is 0 Å². The molecule has 0 unspecified atom stereocenters. The van der Waals surface area contributed by atoms with E-state index in [0.717, 1.165) is 18.6 Å². The number of anilines is 1. The first kappa shape index (κ1) is 25.3. The topological polar surface area (TPSA) is 133 Å². The Labute approximate surface area is 204 Å². The van der Waals surface area contributed by atoms with Gasteiger partial charge in [-0.25, -0.2) is 9.78 Å². The van der Waals surface area contributed by atoms with Crippen LogP contribution in [0.5, 0.6) is 5.88 Å². The fourth-order valence-corrected chi connectivity index (χ4v) is 4.67. The molecule has 0 radical (unpaired) electrons. The molecule has 2 heterocycles. The molecule has 0 atom stereocenters. The number of benzene rings is 1. The summed E-state index contributed by atoms with van der Waals surface area (Å²) in [6, 6.07) is 4.45. The maximum Gasteiger partial charge on any atom is 0.416 e. The molecule has 3 amide bonds. The monoisotopic (exact) mass is 506 g/mol. The SMILES string of the molecule is CC[C@]1(CCOc2ncccc2C(N)=O)C[C@H](NC(=O)c2cc(C(F)(F)F)cc3c2NC(=O)OC3)C1. The van der Waals surface area contributed by atoms with E-state index >= 15 is 0 Å². The number of aromatic nitrogens is 1. The summed E-state index contributed by atoms with van der Waals surface area (Å²) in [7, 11) is 0. The lowest BCUT2D eigenvalue weighted by molar-refractivity contribution is -0.137. The Hall–Kier alpha value is -3.83. The minimum Gasteiger partial charge on any atom is -0.477 e. The summed E-state index contributed by atoms with van der Waals surface area (Å²) < 4.78 is 50.6. The highest BCUT2D eigenvalue weighted by Gasteiger charge is 2.44. The fraction of sp³-hybridized carbons (Fsp3) is 0.417. The van der Waals surface area contributed by atoms with Crippen molar-refractivity contribution in [3.8, 4) is 5.88 Å². The summed E-state index contributed by atoms with van der Waals surface area (Å²) in [4.78, 5) is 40.2. The van der Waals surface area contributed by atoms with Crippen LogP contribution in [0.3, 0.4) is 0 Å².